The highest BCUT2D eigenvalue weighted by molar-refractivity contribution is 8.00. The van der Waals surface area contributed by atoms with Gasteiger partial charge in [0.15, 0.2) is 0 Å². The topological polar surface area (TPSA) is 141 Å². The number of nitrogens with two attached hydrogens (primary N) is 1. The zero-order valence-corrected chi connectivity index (χ0v) is 16.5. The molecule has 0 radical (unpaired) electrons. The number of hydrogen-bond acceptors (Lipinski definition) is 8. The molecule has 2 heterocycles. The van der Waals surface area contributed by atoms with Crippen molar-refractivity contribution >= 4 is 40.6 Å². The number of nitro benzene ring substituents is 1. The number of rotatable bonds is 8. The van der Waals surface area contributed by atoms with E-state index in [-0.39, 0.29) is 34.4 Å². The molecular formula is C18H15N5O4S2. The van der Waals surface area contributed by atoms with Crippen molar-refractivity contribution in [1.29, 1.82) is 0 Å². The Bertz CT molecular complexity index is 1060. The molecule has 0 unspecified atom stereocenters. The predicted molar refractivity (Wildman–Crippen MR) is 110 cm³/mol. The fourth-order valence-corrected chi connectivity index (χ4v) is 3.93. The number of amides is 2. The van der Waals surface area contributed by atoms with Gasteiger partial charge in [-0.05, 0) is 24.3 Å². The van der Waals surface area contributed by atoms with Crippen LogP contribution in [0.15, 0.2) is 53.0 Å². The monoisotopic (exact) mass is 429 g/mol. The Kier molecular flexibility index (Phi) is 6.52. The van der Waals surface area contributed by atoms with Gasteiger partial charge < -0.3 is 11.1 Å². The van der Waals surface area contributed by atoms with Crippen molar-refractivity contribution in [3.8, 4) is 11.3 Å². The summed E-state index contributed by atoms with van der Waals surface area (Å²) >= 11 is 2.44. The third-order valence-electron chi connectivity index (χ3n) is 3.76. The van der Waals surface area contributed by atoms with Crippen molar-refractivity contribution in [1.82, 2.24) is 15.3 Å². The second-order valence-corrected chi connectivity index (χ2v) is 7.69. The summed E-state index contributed by atoms with van der Waals surface area (Å²) in [5.74, 6) is -1.06. The second-order valence-electron chi connectivity index (χ2n) is 5.73. The molecule has 0 atom stereocenters. The van der Waals surface area contributed by atoms with Gasteiger partial charge >= 0.3 is 0 Å². The molecule has 9 nitrogen and oxygen atoms in total. The van der Waals surface area contributed by atoms with Crippen molar-refractivity contribution in [2.24, 2.45) is 5.73 Å². The van der Waals surface area contributed by atoms with Crippen LogP contribution >= 0.6 is 23.1 Å². The van der Waals surface area contributed by atoms with Gasteiger partial charge in [0.1, 0.15) is 5.01 Å². The third-order valence-corrected chi connectivity index (χ3v) is 5.68. The minimum Gasteiger partial charge on any atom is -0.366 e. The molecule has 0 aliphatic heterocycles. The van der Waals surface area contributed by atoms with Gasteiger partial charge in [0.05, 0.1) is 27.8 Å². The van der Waals surface area contributed by atoms with E-state index in [0.717, 1.165) is 34.1 Å². The summed E-state index contributed by atoms with van der Waals surface area (Å²) in [7, 11) is 0. The smallest absolute Gasteiger partial charge is 0.283 e. The number of carbonyl (C=O) groups excluding carboxylic acids is 2. The lowest BCUT2D eigenvalue weighted by molar-refractivity contribution is -0.387. The molecule has 148 valence electrons. The van der Waals surface area contributed by atoms with E-state index in [1.54, 1.807) is 12.4 Å². The fraction of sp³-hybridized carbons (Fsp3) is 0.111. The van der Waals surface area contributed by atoms with Crippen molar-refractivity contribution < 1.29 is 14.5 Å². The van der Waals surface area contributed by atoms with Crippen molar-refractivity contribution in [3.05, 3.63) is 68.8 Å². The quantitative estimate of drug-likeness (QED) is 0.318. The number of nitrogens with zero attached hydrogens (tertiary/aromatic N) is 3. The van der Waals surface area contributed by atoms with Crippen LogP contribution in [0.1, 0.15) is 15.4 Å². The van der Waals surface area contributed by atoms with Crippen LogP contribution in [0.25, 0.3) is 11.3 Å². The first kappa shape index (κ1) is 20.4. The van der Waals surface area contributed by atoms with E-state index in [4.69, 9.17) is 5.73 Å². The van der Waals surface area contributed by atoms with Crippen LogP contribution in [-0.2, 0) is 11.3 Å². The van der Waals surface area contributed by atoms with Gasteiger partial charge in [-0.1, -0.05) is 0 Å². The number of pyridine rings is 1. The normalized spacial score (nSPS) is 10.5. The summed E-state index contributed by atoms with van der Waals surface area (Å²) in [6, 6.07) is 7.62. The van der Waals surface area contributed by atoms with Crippen LogP contribution in [0.4, 0.5) is 5.69 Å². The van der Waals surface area contributed by atoms with E-state index in [2.05, 4.69) is 15.3 Å². The van der Waals surface area contributed by atoms with Gasteiger partial charge in [0, 0.05) is 35.0 Å². The third kappa shape index (κ3) is 5.36. The van der Waals surface area contributed by atoms with Gasteiger partial charge in [-0.3, -0.25) is 24.7 Å². The first-order valence-corrected chi connectivity index (χ1v) is 10.1. The molecule has 1 aromatic carbocycles. The SMILES string of the molecule is NC(=O)c1ccc(SCC(=O)NCc2nc(-c3ccncc3)cs2)c([N+](=O)[O-])c1. The molecular weight excluding hydrogens is 414 g/mol. The first-order chi connectivity index (χ1) is 13.9. The van der Waals surface area contributed by atoms with Crippen molar-refractivity contribution in [3.63, 3.8) is 0 Å². The number of aromatic nitrogens is 2. The average molecular weight is 429 g/mol. The molecule has 2 aromatic heterocycles. The van der Waals surface area contributed by atoms with Gasteiger partial charge in [0.2, 0.25) is 11.8 Å². The van der Waals surface area contributed by atoms with E-state index < -0.39 is 10.8 Å². The maximum atomic E-state index is 12.1. The van der Waals surface area contributed by atoms with Crippen LogP contribution in [0.5, 0.6) is 0 Å². The van der Waals surface area contributed by atoms with E-state index >= 15 is 0 Å². The summed E-state index contributed by atoms with van der Waals surface area (Å²) in [6.45, 7) is 0.262. The lowest BCUT2D eigenvalue weighted by Gasteiger charge is -2.05. The van der Waals surface area contributed by atoms with E-state index in [1.807, 2.05) is 17.5 Å². The summed E-state index contributed by atoms with van der Waals surface area (Å²) < 4.78 is 0. The number of thioether (sulfide) groups is 1. The first-order valence-electron chi connectivity index (χ1n) is 8.26. The number of benzene rings is 1. The van der Waals surface area contributed by atoms with Crippen molar-refractivity contribution in [2.45, 2.75) is 11.4 Å². The molecule has 3 aromatic rings. The van der Waals surface area contributed by atoms with E-state index in [9.17, 15) is 19.7 Å². The standard InChI is InChI=1S/C18H15N5O4S2/c19-18(25)12-1-2-15(14(7-12)23(26)27)28-10-16(24)21-8-17-22-13(9-29-17)11-3-5-20-6-4-11/h1-7,9H,8,10H2,(H2,19,25)(H,21,24). The zero-order valence-electron chi connectivity index (χ0n) is 14.9. The number of hydrogen-bond donors (Lipinski definition) is 2. The van der Waals surface area contributed by atoms with Gasteiger partial charge in [-0.2, -0.15) is 0 Å². The molecule has 0 aliphatic rings. The molecule has 0 saturated carbocycles. The lowest BCUT2D eigenvalue weighted by Crippen LogP contribution is -2.24. The van der Waals surface area contributed by atoms with Crippen LogP contribution in [-0.4, -0.2) is 32.5 Å². The highest BCUT2D eigenvalue weighted by Crippen LogP contribution is 2.30. The number of nitrogens with one attached hydrogen (secondary N) is 1. The summed E-state index contributed by atoms with van der Waals surface area (Å²) in [5, 5.41) is 16.6. The Morgan fingerprint density at radius 1 is 1.24 bits per heavy atom. The molecule has 0 bridgehead atoms. The molecule has 11 heteroatoms. The lowest BCUT2D eigenvalue weighted by atomic mass is 10.2. The molecule has 2 amide bonds. The summed E-state index contributed by atoms with van der Waals surface area (Å²) in [4.78, 5) is 42.6. The average Bonchev–Trinajstić information content (AvgIpc) is 3.20. The van der Waals surface area contributed by atoms with Crippen LogP contribution in [0.3, 0.4) is 0 Å². The Morgan fingerprint density at radius 2 is 2.00 bits per heavy atom. The number of nitro groups is 1. The molecule has 29 heavy (non-hydrogen) atoms. The maximum Gasteiger partial charge on any atom is 0.283 e. The van der Waals surface area contributed by atoms with Crippen LogP contribution < -0.4 is 11.1 Å². The minimum absolute atomic E-state index is 0.0145. The molecule has 0 aliphatic carbocycles. The predicted octanol–water partition coefficient (Wildman–Crippen LogP) is 2.62. The molecule has 0 spiro atoms. The summed E-state index contributed by atoms with van der Waals surface area (Å²) in [6.07, 6.45) is 3.37. The van der Waals surface area contributed by atoms with Gasteiger partial charge in [0.25, 0.3) is 5.69 Å². The number of primary amides is 1. The van der Waals surface area contributed by atoms with E-state index in [0.29, 0.717) is 0 Å². The van der Waals surface area contributed by atoms with Gasteiger partial charge in [-0.25, -0.2) is 4.98 Å². The summed E-state index contributed by atoms with van der Waals surface area (Å²) in [5.41, 5.74) is 6.67. The number of carbonyl (C=O) groups is 2. The number of thiazole rings is 1. The van der Waals surface area contributed by atoms with Crippen LogP contribution in [0, 0.1) is 10.1 Å². The minimum atomic E-state index is -0.753. The van der Waals surface area contributed by atoms with E-state index in [1.165, 1.54) is 23.5 Å². The largest absolute Gasteiger partial charge is 0.366 e. The Balaban J connectivity index is 1.56. The highest BCUT2D eigenvalue weighted by atomic mass is 32.2. The van der Waals surface area contributed by atoms with Crippen LogP contribution in [0.2, 0.25) is 0 Å². The fourth-order valence-electron chi connectivity index (χ4n) is 2.35. The Hall–Kier alpha value is -3.31. The zero-order chi connectivity index (χ0) is 20.8. The molecule has 0 saturated heterocycles. The molecule has 0 fully saturated rings. The Morgan fingerprint density at radius 3 is 2.69 bits per heavy atom. The molecule has 3 rings (SSSR count). The van der Waals surface area contributed by atoms with Gasteiger partial charge in [-0.15, -0.1) is 23.1 Å². The Labute approximate surface area is 173 Å². The second kappa shape index (κ2) is 9.26. The molecule has 3 N–H and O–H groups in total. The maximum absolute atomic E-state index is 12.1. The van der Waals surface area contributed by atoms with Crippen molar-refractivity contribution in [2.75, 3.05) is 5.75 Å². The highest BCUT2D eigenvalue weighted by Gasteiger charge is 2.18.